The van der Waals surface area contributed by atoms with E-state index < -0.39 is 0 Å². The molecule has 0 spiro atoms. The quantitative estimate of drug-likeness (QED) is 0.864. The number of nitrogens with one attached hydrogen (secondary N) is 1. The molecule has 1 N–H and O–H groups in total. The number of aromatic nitrogens is 3. The lowest BCUT2D eigenvalue weighted by Gasteiger charge is -2.25. The monoisotopic (exact) mass is 344 g/mol. The summed E-state index contributed by atoms with van der Waals surface area (Å²) in [6, 6.07) is 6.02. The number of methoxy groups -OCH3 is 1. The van der Waals surface area contributed by atoms with E-state index in [-0.39, 0.29) is 11.8 Å². The molecule has 2 heterocycles. The van der Waals surface area contributed by atoms with E-state index in [1.807, 2.05) is 22.8 Å². The van der Waals surface area contributed by atoms with Crippen LogP contribution in [0.25, 0.3) is 0 Å². The van der Waals surface area contributed by atoms with Crippen LogP contribution < -0.4 is 14.8 Å². The van der Waals surface area contributed by atoms with Crippen LogP contribution in [0.4, 0.5) is 0 Å². The van der Waals surface area contributed by atoms with Gasteiger partial charge in [0.05, 0.1) is 13.0 Å². The molecule has 7 heteroatoms. The summed E-state index contributed by atoms with van der Waals surface area (Å²) >= 11 is 0. The number of carbonyl (C=O) groups is 1. The number of nitrogens with zero attached hydrogens (tertiary/aromatic N) is 3. The van der Waals surface area contributed by atoms with E-state index in [0.717, 1.165) is 22.9 Å². The highest BCUT2D eigenvalue weighted by Gasteiger charge is 2.26. The fourth-order valence-corrected chi connectivity index (χ4v) is 2.97. The Kier molecular flexibility index (Phi) is 5.21. The first kappa shape index (κ1) is 17.3. The van der Waals surface area contributed by atoms with Crippen molar-refractivity contribution in [1.82, 2.24) is 20.1 Å². The summed E-state index contributed by atoms with van der Waals surface area (Å²) in [7, 11) is 1.63. The molecule has 0 radical (unpaired) electrons. The number of rotatable bonds is 6. The predicted molar refractivity (Wildman–Crippen MR) is 92.8 cm³/mol. The van der Waals surface area contributed by atoms with Crippen LogP contribution in [0.3, 0.4) is 0 Å². The third-order valence-corrected chi connectivity index (χ3v) is 4.40. The smallest absolute Gasteiger partial charge is 0.226 e. The average Bonchev–Trinajstić information content (AvgIpc) is 3.09. The lowest BCUT2D eigenvalue weighted by molar-refractivity contribution is -0.126. The Balaban J connectivity index is 1.53. The second-order valence-corrected chi connectivity index (χ2v) is 6.47. The molecular weight excluding hydrogens is 320 g/mol. The van der Waals surface area contributed by atoms with Gasteiger partial charge in [0.2, 0.25) is 5.91 Å². The van der Waals surface area contributed by atoms with E-state index in [0.29, 0.717) is 32.0 Å². The van der Waals surface area contributed by atoms with Crippen LogP contribution in [0, 0.1) is 5.92 Å². The van der Waals surface area contributed by atoms with E-state index in [1.54, 1.807) is 13.4 Å². The highest BCUT2D eigenvalue weighted by Crippen LogP contribution is 2.31. The van der Waals surface area contributed by atoms with Crippen LogP contribution in [0.2, 0.25) is 0 Å². The van der Waals surface area contributed by atoms with Crippen molar-refractivity contribution >= 4 is 5.91 Å². The standard InChI is InChI=1S/C18H24N4O3/c1-12(2)22-11-20-21-17(22)6-7-19-18(23)14-8-13-4-5-15(24-3)9-16(13)25-10-14/h4-5,9,11-12,14H,6-8,10H2,1-3H3,(H,19,23)/t14-/m1/s1. The van der Waals surface area contributed by atoms with Crippen molar-refractivity contribution in [3.8, 4) is 11.5 Å². The molecule has 1 aromatic heterocycles. The van der Waals surface area contributed by atoms with E-state index in [2.05, 4.69) is 29.4 Å². The van der Waals surface area contributed by atoms with E-state index in [4.69, 9.17) is 9.47 Å². The van der Waals surface area contributed by atoms with E-state index in [9.17, 15) is 4.79 Å². The van der Waals surface area contributed by atoms with Crippen molar-refractivity contribution in [2.45, 2.75) is 32.7 Å². The Morgan fingerprint density at radius 2 is 2.32 bits per heavy atom. The van der Waals surface area contributed by atoms with Gasteiger partial charge in [0, 0.05) is 25.1 Å². The summed E-state index contributed by atoms with van der Waals surface area (Å²) in [6.45, 7) is 5.08. The van der Waals surface area contributed by atoms with Crippen LogP contribution in [0.1, 0.15) is 31.3 Å². The maximum absolute atomic E-state index is 12.4. The van der Waals surface area contributed by atoms with Crippen LogP contribution in [-0.4, -0.2) is 40.9 Å². The van der Waals surface area contributed by atoms with Crippen LogP contribution in [0.5, 0.6) is 11.5 Å². The molecule has 0 unspecified atom stereocenters. The molecule has 2 aromatic rings. The molecule has 0 saturated heterocycles. The minimum absolute atomic E-state index is 0.0112. The van der Waals surface area contributed by atoms with Gasteiger partial charge in [-0.2, -0.15) is 0 Å². The third kappa shape index (κ3) is 3.92. The number of ether oxygens (including phenoxy) is 2. The Bertz CT molecular complexity index is 742. The Morgan fingerprint density at radius 1 is 1.48 bits per heavy atom. The predicted octanol–water partition coefficient (Wildman–Crippen LogP) is 1.78. The summed E-state index contributed by atoms with van der Waals surface area (Å²) < 4.78 is 12.9. The summed E-state index contributed by atoms with van der Waals surface area (Å²) in [4.78, 5) is 12.4. The largest absolute Gasteiger partial charge is 0.497 e. The molecule has 3 rings (SSSR count). The van der Waals surface area contributed by atoms with Gasteiger partial charge in [0.15, 0.2) is 0 Å². The topological polar surface area (TPSA) is 78.3 Å². The Morgan fingerprint density at radius 3 is 3.08 bits per heavy atom. The van der Waals surface area contributed by atoms with Gasteiger partial charge in [-0.05, 0) is 31.9 Å². The zero-order valence-electron chi connectivity index (χ0n) is 14.9. The molecule has 134 valence electrons. The normalized spacial score (nSPS) is 16.2. The summed E-state index contributed by atoms with van der Waals surface area (Å²) in [5.74, 6) is 2.28. The molecule has 1 aliphatic rings. The van der Waals surface area contributed by atoms with Gasteiger partial charge in [-0.1, -0.05) is 6.07 Å². The fraction of sp³-hybridized carbons (Fsp3) is 0.500. The molecular formula is C18H24N4O3. The van der Waals surface area contributed by atoms with Crippen molar-refractivity contribution < 1.29 is 14.3 Å². The van der Waals surface area contributed by atoms with Crippen molar-refractivity contribution in [1.29, 1.82) is 0 Å². The molecule has 1 aliphatic heterocycles. The molecule has 0 saturated carbocycles. The molecule has 1 amide bonds. The fourth-order valence-electron chi connectivity index (χ4n) is 2.97. The minimum atomic E-state index is -0.177. The molecule has 0 fully saturated rings. The van der Waals surface area contributed by atoms with Crippen molar-refractivity contribution in [2.24, 2.45) is 5.92 Å². The summed E-state index contributed by atoms with van der Waals surface area (Å²) in [6.07, 6.45) is 3.06. The van der Waals surface area contributed by atoms with Gasteiger partial charge < -0.3 is 19.4 Å². The second-order valence-electron chi connectivity index (χ2n) is 6.47. The first-order chi connectivity index (χ1) is 12.1. The molecule has 1 atom stereocenters. The molecule has 0 bridgehead atoms. The van der Waals surface area contributed by atoms with E-state index in [1.165, 1.54) is 0 Å². The lowest BCUT2D eigenvalue weighted by Crippen LogP contribution is -2.38. The number of hydrogen-bond donors (Lipinski definition) is 1. The van der Waals surface area contributed by atoms with E-state index >= 15 is 0 Å². The van der Waals surface area contributed by atoms with Crippen LogP contribution in [0.15, 0.2) is 24.5 Å². The average molecular weight is 344 g/mol. The zero-order chi connectivity index (χ0) is 17.8. The molecule has 7 nitrogen and oxygen atoms in total. The SMILES string of the molecule is COc1ccc2c(c1)OC[C@H](C(=O)NCCc1nncn1C(C)C)C2. The number of hydrogen-bond acceptors (Lipinski definition) is 5. The maximum atomic E-state index is 12.4. The Labute approximate surface area is 147 Å². The van der Waals surface area contributed by atoms with Crippen LogP contribution >= 0.6 is 0 Å². The number of carbonyl (C=O) groups excluding carboxylic acids is 1. The minimum Gasteiger partial charge on any atom is -0.497 e. The number of benzene rings is 1. The molecule has 0 aliphatic carbocycles. The second kappa shape index (κ2) is 7.55. The number of amides is 1. The molecule has 25 heavy (non-hydrogen) atoms. The molecule has 1 aromatic carbocycles. The third-order valence-electron chi connectivity index (χ3n) is 4.40. The highest BCUT2D eigenvalue weighted by molar-refractivity contribution is 5.79. The Hall–Kier alpha value is -2.57. The van der Waals surface area contributed by atoms with Crippen molar-refractivity contribution in [2.75, 3.05) is 20.3 Å². The van der Waals surface area contributed by atoms with Gasteiger partial charge in [-0.3, -0.25) is 4.79 Å². The van der Waals surface area contributed by atoms with Crippen LogP contribution in [-0.2, 0) is 17.6 Å². The van der Waals surface area contributed by atoms with Gasteiger partial charge in [-0.25, -0.2) is 0 Å². The first-order valence-electron chi connectivity index (χ1n) is 8.54. The zero-order valence-corrected chi connectivity index (χ0v) is 14.9. The summed E-state index contributed by atoms with van der Waals surface area (Å²) in [5.41, 5.74) is 1.03. The number of fused-ring (bicyclic) bond motifs is 1. The van der Waals surface area contributed by atoms with Crippen molar-refractivity contribution in [3.05, 3.63) is 35.9 Å². The van der Waals surface area contributed by atoms with Crippen molar-refractivity contribution in [3.63, 3.8) is 0 Å². The lowest BCUT2D eigenvalue weighted by atomic mass is 9.96. The van der Waals surface area contributed by atoms with Gasteiger partial charge >= 0.3 is 0 Å². The van der Waals surface area contributed by atoms with Gasteiger partial charge in [0.1, 0.15) is 30.3 Å². The van der Waals surface area contributed by atoms with Gasteiger partial charge in [-0.15, -0.1) is 10.2 Å². The van der Waals surface area contributed by atoms with Gasteiger partial charge in [0.25, 0.3) is 0 Å². The maximum Gasteiger partial charge on any atom is 0.226 e. The highest BCUT2D eigenvalue weighted by atomic mass is 16.5. The summed E-state index contributed by atoms with van der Waals surface area (Å²) in [5, 5.41) is 11.0. The first-order valence-corrected chi connectivity index (χ1v) is 8.54.